The third kappa shape index (κ3) is 3.16. The number of pyridine rings is 1. The molecular formula is C8H8N2O2S. The van der Waals surface area contributed by atoms with Gasteiger partial charge in [-0.15, -0.1) is 0 Å². The van der Waals surface area contributed by atoms with Crippen molar-refractivity contribution in [2.24, 2.45) is 0 Å². The predicted octanol–water partition coefficient (Wildman–Crippen LogP) is 1.35. The van der Waals surface area contributed by atoms with Gasteiger partial charge in [-0.1, -0.05) is 11.8 Å². The maximum absolute atomic E-state index is 10.1. The number of carboxylic acids is 1. The zero-order chi connectivity index (χ0) is 9.68. The maximum Gasteiger partial charge on any atom is 0.328 e. The number of carboxylic acid groups (broad SMARTS) is 1. The monoisotopic (exact) mass is 196 g/mol. The van der Waals surface area contributed by atoms with Gasteiger partial charge >= 0.3 is 5.97 Å². The molecule has 0 spiro atoms. The van der Waals surface area contributed by atoms with E-state index in [9.17, 15) is 4.79 Å². The normalized spacial score (nSPS) is 10.5. The third-order valence-electron chi connectivity index (χ3n) is 1.22. The number of hydrogen-bond donors (Lipinski definition) is 2. The van der Waals surface area contributed by atoms with Crippen molar-refractivity contribution in [2.45, 2.75) is 4.90 Å². The number of aliphatic carboxylic acids is 1. The van der Waals surface area contributed by atoms with E-state index in [0.29, 0.717) is 5.69 Å². The summed E-state index contributed by atoms with van der Waals surface area (Å²) >= 11 is 1.25. The van der Waals surface area contributed by atoms with E-state index < -0.39 is 5.97 Å². The molecule has 0 saturated carbocycles. The van der Waals surface area contributed by atoms with E-state index in [1.165, 1.54) is 23.4 Å². The van der Waals surface area contributed by atoms with Crippen molar-refractivity contribution in [3.63, 3.8) is 0 Å². The summed E-state index contributed by atoms with van der Waals surface area (Å²) in [5, 5.41) is 9.78. The van der Waals surface area contributed by atoms with Crippen molar-refractivity contribution in [1.82, 2.24) is 4.98 Å². The predicted molar refractivity (Wildman–Crippen MR) is 51.3 cm³/mol. The molecule has 0 atom stereocenters. The molecule has 3 N–H and O–H groups in total. The Hall–Kier alpha value is -1.49. The first-order valence-electron chi connectivity index (χ1n) is 3.46. The molecule has 4 nitrogen and oxygen atoms in total. The minimum atomic E-state index is -0.972. The number of anilines is 1. The van der Waals surface area contributed by atoms with Crippen molar-refractivity contribution < 1.29 is 9.90 Å². The molecule has 1 heterocycles. The first kappa shape index (κ1) is 9.60. The van der Waals surface area contributed by atoms with Crippen LogP contribution in [0.5, 0.6) is 0 Å². The fraction of sp³-hybridized carbons (Fsp3) is 0. The summed E-state index contributed by atoms with van der Waals surface area (Å²) in [6.45, 7) is 0. The number of nitrogens with two attached hydrogens (primary N) is 1. The number of nitrogens with zero attached hydrogens (tertiary/aromatic N) is 1. The highest BCUT2D eigenvalue weighted by atomic mass is 32.2. The number of hydrogen-bond acceptors (Lipinski definition) is 4. The molecule has 5 heteroatoms. The Labute approximate surface area is 79.5 Å². The van der Waals surface area contributed by atoms with Crippen LogP contribution in [0.1, 0.15) is 0 Å². The molecule has 1 rings (SSSR count). The van der Waals surface area contributed by atoms with Gasteiger partial charge in [-0.3, -0.25) is 4.98 Å². The van der Waals surface area contributed by atoms with E-state index in [2.05, 4.69) is 4.98 Å². The standard InChI is InChI=1S/C8H8N2O2S/c9-6-5-10-3-1-7(6)13-4-2-8(11)12/h1-5H,9H2,(H,11,12)/b4-2+. The van der Waals surface area contributed by atoms with Crippen molar-refractivity contribution in [3.8, 4) is 0 Å². The first-order valence-corrected chi connectivity index (χ1v) is 4.33. The smallest absolute Gasteiger partial charge is 0.328 e. The van der Waals surface area contributed by atoms with Crippen LogP contribution < -0.4 is 5.73 Å². The second kappa shape index (κ2) is 4.51. The average Bonchev–Trinajstić information content (AvgIpc) is 2.08. The van der Waals surface area contributed by atoms with Crippen LogP contribution in [0.2, 0.25) is 0 Å². The highest BCUT2D eigenvalue weighted by molar-refractivity contribution is 8.02. The Kier molecular flexibility index (Phi) is 3.33. The number of rotatable bonds is 3. The Morgan fingerprint density at radius 1 is 1.69 bits per heavy atom. The Morgan fingerprint density at radius 3 is 3.08 bits per heavy atom. The van der Waals surface area contributed by atoms with Gasteiger partial charge in [0.15, 0.2) is 0 Å². The lowest BCUT2D eigenvalue weighted by Crippen LogP contribution is -1.88. The van der Waals surface area contributed by atoms with Gasteiger partial charge in [0.2, 0.25) is 0 Å². The number of nitrogen functional groups attached to an aromatic ring is 1. The lowest BCUT2D eigenvalue weighted by Gasteiger charge is -1.98. The molecule has 1 aromatic rings. The molecule has 0 aliphatic carbocycles. The summed E-state index contributed by atoms with van der Waals surface area (Å²) in [4.78, 5) is 14.7. The van der Waals surface area contributed by atoms with Crippen LogP contribution in [0.4, 0.5) is 5.69 Å². The van der Waals surface area contributed by atoms with Gasteiger partial charge < -0.3 is 10.8 Å². The molecule has 0 bridgehead atoms. The molecule has 0 saturated heterocycles. The van der Waals surface area contributed by atoms with Gasteiger partial charge in [-0.05, 0) is 11.5 Å². The molecule has 68 valence electrons. The SMILES string of the molecule is Nc1cnccc1S/C=C/C(=O)O. The molecule has 13 heavy (non-hydrogen) atoms. The molecule has 0 aliphatic rings. The van der Waals surface area contributed by atoms with E-state index in [0.717, 1.165) is 11.0 Å². The highest BCUT2D eigenvalue weighted by Gasteiger charge is 1.95. The van der Waals surface area contributed by atoms with Gasteiger partial charge in [-0.25, -0.2) is 4.79 Å². The van der Waals surface area contributed by atoms with Crippen LogP contribution >= 0.6 is 11.8 Å². The third-order valence-corrected chi connectivity index (χ3v) is 2.11. The quantitative estimate of drug-likeness (QED) is 0.563. The fourth-order valence-electron chi connectivity index (χ4n) is 0.667. The van der Waals surface area contributed by atoms with Crippen LogP contribution in [0, 0.1) is 0 Å². The Bertz CT molecular complexity index is 339. The summed E-state index contributed by atoms with van der Waals surface area (Å²) in [6.07, 6.45) is 4.19. The average molecular weight is 196 g/mol. The van der Waals surface area contributed by atoms with Crippen LogP contribution in [0.3, 0.4) is 0 Å². The van der Waals surface area contributed by atoms with E-state index in [1.54, 1.807) is 12.3 Å². The second-order valence-electron chi connectivity index (χ2n) is 2.17. The van der Waals surface area contributed by atoms with Gasteiger partial charge in [0.1, 0.15) is 0 Å². The molecule has 0 aromatic carbocycles. The molecule has 0 unspecified atom stereocenters. The molecule has 0 amide bonds. The topological polar surface area (TPSA) is 76.2 Å². The summed E-state index contributed by atoms with van der Waals surface area (Å²) in [5.41, 5.74) is 6.12. The summed E-state index contributed by atoms with van der Waals surface area (Å²) in [7, 11) is 0. The van der Waals surface area contributed by atoms with Crippen molar-refractivity contribution in [1.29, 1.82) is 0 Å². The lowest BCUT2D eigenvalue weighted by molar-refractivity contribution is -0.131. The van der Waals surface area contributed by atoms with E-state index in [-0.39, 0.29) is 0 Å². The first-order chi connectivity index (χ1) is 6.20. The van der Waals surface area contributed by atoms with Gasteiger partial charge in [-0.2, -0.15) is 0 Å². The van der Waals surface area contributed by atoms with Crippen molar-refractivity contribution in [2.75, 3.05) is 5.73 Å². The molecular weight excluding hydrogens is 188 g/mol. The Balaban J connectivity index is 2.64. The number of aromatic nitrogens is 1. The van der Waals surface area contributed by atoms with Crippen LogP contribution in [-0.2, 0) is 4.79 Å². The maximum atomic E-state index is 10.1. The summed E-state index contributed by atoms with van der Waals surface area (Å²) in [5.74, 6) is -0.972. The highest BCUT2D eigenvalue weighted by Crippen LogP contribution is 2.23. The number of thioether (sulfide) groups is 1. The lowest BCUT2D eigenvalue weighted by atomic mass is 10.4. The van der Waals surface area contributed by atoms with Gasteiger partial charge in [0.25, 0.3) is 0 Å². The summed E-state index contributed by atoms with van der Waals surface area (Å²) < 4.78 is 0. The largest absolute Gasteiger partial charge is 0.478 e. The zero-order valence-electron chi connectivity index (χ0n) is 6.68. The van der Waals surface area contributed by atoms with Crippen LogP contribution in [0.25, 0.3) is 0 Å². The Morgan fingerprint density at radius 2 is 2.46 bits per heavy atom. The molecule has 0 aliphatic heterocycles. The van der Waals surface area contributed by atoms with Crippen LogP contribution in [0.15, 0.2) is 34.8 Å². The minimum Gasteiger partial charge on any atom is -0.478 e. The van der Waals surface area contributed by atoms with E-state index in [4.69, 9.17) is 10.8 Å². The van der Waals surface area contributed by atoms with Crippen molar-refractivity contribution >= 4 is 23.4 Å². The van der Waals surface area contributed by atoms with E-state index >= 15 is 0 Å². The second-order valence-corrected chi connectivity index (χ2v) is 3.12. The fourth-order valence-corrected chi connectivity index (χ4v) is 1.33. The molecule has 0 fully saturated rings. The molecule has 1 aromatic heterocycles. The van der Waals surface area contributed by atoms with Crippen LogP contribution in [-0.4, -0.2) is 16.1 Å². The van der Waals surface area contributed by atoms with Gasteiger partial charge in [0.05, 0.1) is 11.9 Å². The molecule has 0 radical (unpaired) electrons. The zero-order valence-corrected chi connectivity index (χ0v) is 7.49. The number of carbonyl (C=O) groups is 1. The summed E-state index contributed by atoms with van der Waals surface area (Å²) in [6, 6.07) is 1.73. The van der Waals surface area contributed by atoms with E-state index in [1.807, 2.05) is 0 Å². The minimum absolute atomic E-state index is 0.544. The van der Waals surface area contributed by atoms with Crippen molar-refractivity contribution in [3.05, 3.63) is 29.9 Å². The van der Waals surface area contributed by atoms with Gasteiger partial charge in [0, 0.05) is 17.2 Å².